The van der Waals surface area contributed by atoms with Gasteiger partial charge in [0.05, 0.1) is 13.2 Å². The quantitative estimate of drug-likeness (QED) is 0.606. The molecule has 0 heterocycles. The molecule has 1 aromatic rings. The third-order valence-corrected chi connectivity index (χ3v) is 1.65. The van der Waals surface area contributed by atoms with Gasteiger partial charge in [-0.25, -0.2) is 0 Å². The molecule has 0 radical (unpaired) electrons. The normalized spacial score (nSPS) is 11.7. The van der Waals surface area contributed by atoms with Gasteiger partial charge in [0.2, 0.25) is 0 Å². The third-order valence-electron chi connectivity index (χ3n) is 1.65. The van der Waals surface area contributed by atoms with Gasteiger partial charge in [-0.2, -0.15) is 5.48 Å². The molecule has 6 heteroatoms. The highest BCUT2D eigenvalue weighted by molar-refractivity contribution is 5.13. The molecule has 0 aromatic heterocycles. The summed E-state index contributed by atoms with van der Waals surface area (Å²) in [6.07, 6.45) is -4.58. The van der Waals surface area contributed by atoms with E-state index in [4.69, 9.17) is 4.84 Å². The summed E-state index contributed by atoms with van der Waals surface area (Å²) in [7, 11) is 0. The van der Waals surface area contributed by atoms with Gasteiger partial charge in [0.15, 0.2) is 0 Å². The molecule has 90 valence electrons. The van der Waals surface area contributed by atoms with Crippen LogP contribution in [0.25, 0.3) is 0 Å². The van der Waals surface area contributed by atoms with Crippen molar-refractivity contribution in [3.63, 3.8) is 0 Å². The molecule has 0 spiro atoms. The van der Waals surface area contributed by atoms with Crippen molar-refractivity contribution in [2.24, 2.45) is 0 Å². The maximum absolute atomic E-state index is 11.5. The molecule has 3 nitrogen and oxygen atoms in total. The number of hydroxylamine groups is 1. The van der Waals surface area contributed by atoms with Gasteiger partial charge in [-0.15, -0.1) is 13.2 Å². The minimum absolute atomic E-state index is 0.0215. The van der Waals surface area contributed by atoms with Crippen LogP contribution in [0.3, 0.4) is 0 Å². The number of nitrogens with one attached hydrogen (secondary N) is 1. The Morgan fingerprint density at radius 2 is 1.81 bits per heavy atom. The number of hydrogen-bond donors (Lipinski definition) is 1. The summed E-state index contributed by atoms with van der Waals surface area (Å²) in [5, 5.41) is 0. The first-order valence-electron chi connectivity index (χ1n) is 4.67. The molecule has 0 saturated heterocycles. The number of ether oxygens (including phenoxy) is 1. The highest BCUT2D eigenvalue weighted by atomic mass is 19.4. The number of alkyl halides is 3. The molecular weight excluding hydrogens is 223 g/mol. The molecule has 1 rings (SSSR count). The van der Waals surface area contributed by atoms with E-state index < -0.39 is 13.0 Å². The van der Waals surface area contributed by atoms with Gasteiger partial charge in [-0.1, -0.05) is 30.3 Å². The van der Waals surface area contributed by atoms with Gasteiger partial charge in [-0.3, -0.25) is 9.57 Å². The van der Waals surface area contributed by atoms with Crippen LogP contribution < -0.4 is 5.48 Å². The lowest BCUT2D eigenvalue weighted by Crippen LogP contribution is -2.24. The Labute approximate surface area is 91.1 Å². The van der Waals surface area contributed by atoms with Crippen molar-refractivity contribution in [1.82, 2.24) is 5.48 Å². The van der Waals surface area contributed by atoms with Gasteiger partial charge in [-0.05, 0) is 5.56 Å². The fraction of sp³-hybridized carbons (Fsp3) is 0.400. The summed E-state index contributed by atoms with van der Waals surface area (Å²) in [6.45, 7) is -0.197. The highest BCUT2D eigenvalue weighted by Crippen LogP contribution is 2.15. The molecule has 0 atom stereocenters. The van der Waals surface area contributed by atoms with Crippen LogP contribution in [0, 0.1) is 0 Å². The molecular formula is C10H12F3NO2. The molecule has 16 heavy (non-hydrogen) atoms. The Balaban J connectivity index is 2.01. The van der Waals surface area contributed by atoms with Crippen molar-refractivity contribution in [2.45, 2.75) is 13.0 Å². The van der Waals surface area contributed by atoms with Crippen molar-refractivity contribution >= 4 is 0 Å². The highest BCUT2D eigenvalue weighted by Gasteiger charge is 2.28. The zero-order valence-corrected chi connectivity index (χ0v) is 8.46. The van der Waals surface area contributed by atoms with Crippen LogP contribution in [0.2, 0.25) is 0 Å². The van der Waals surface area contributed by atoms with Crippen LogP contribution in [-0.4, -0.2) is 19.5 Å². The SMILES string of the molecule is FC(F)(F)OCCNOCc1ccccc1. The van der Waals surface area contributed by atoms with Gasteiger partial charge in [0.25, 0.3) is 0 Å². The van der Waals surface area contributed by atoms with Crippen LogP contribution in [0.15, 0.2) is 30.3 Å². The van der Waals surface area contributed by atoms with Crippen molar-refractivity contribution in [1.29, 1.82) is 0 Å². The largest absolute Gasteiger partial charge is 0.522 e. The van der Waals surface area contributed by atoms with Crippen molar-refractivity contribution in [2.75, 3.05) is 13.2 Å². The van der Waals surface area contributed by atoms with Crippen molar-refractivity contribution in [3.05, 3.63) is 35.9 Å². The summed E-state index contributed by atoms with van der Waals surface area (Å²) >= 11 is 0. The van der Waals surface area contributed by atoms with E-state index >= 15 is 0 Å². The second-order valence-corrected chi connectivity index (χ2v) is 2.96. The van der Waals surface area contributed by atoms with Gasteiger partial charge < -0.3 is 0 Å². The van der Waals surface area contributed by atoms with E-state index in [0.29, 0.717) is 6.61 Å². The zero-order valence-electron chi connectivity index (χ0n) is 8.46. The first kappa shape index (κ1) is 13.0. The Morgan fingerprint density at radius 3 is 2.44 bits per heavy atom. The van der Waals surface area contributed by atoms with Crippen molar-refractivity contribution in [3.8, 4) is 0 Å². The number of benzene rings is 1. The van der Waals surface area contributed by atoms with Gasteiger partial charge in [0, 0.05) is 6.54 Å². The van der Waals surface area contributed by atoms with Crippen LogP contribution in [0.4, 0.5) is 13.2 Å². The van der Waals surface area contributed by atoms with Crippen LogP contribution >= 0.6 is 0 Å². The smallest absolute Gasteiger partial charge is 0.297 e. The number of rotatable bonds is 6. The van der Waals surface area contributed by atoms with E-state index in [1.807, 2.05) is 30.3 Å². The molecule has 1 aromatic carbocycles. The summed E-state index contributed by atoms with van der Waals surface area (Å²) < 4.78 is 38.2. The molecule has 0 aliphatic rings. The molecule has 0 unspecified atom stereocenters. The maximum atomic E-state index is 11.5. The minimum Gasteiger partial charge on any atom is -0.297 e. The maximum Gasteiger partial charge on any atom is 0.522 e. The Kier molecular flexibility index (Phi) is 5.24. The molecule has 1 N–H and O–H groups in total. The lowest BCUT2D eigenvalue weighted by molar-refractivity contribution is -0.324. The second-order valence-electron chi connectivity index (χ2n) is 2.96. The Bertz CT molecular complexity index is 290. The standard InChI is InChI=1S/C10H12F3NO2/c11-10(12,13)15-7-6-14-16-8-9-4-2-1-3-5-9/h1-5,14H,6-8H2. The van der Waals surface area contributed by atoms with Gasteiger partial charge in [0.1, 0.15) is 0 Å². The zero-order chi connectivity index (χ0) is 11.9. The number of halogens is 3. The average molecular weight is 235 g/mol. The van der Waals surface area contributed by atoms with E-state index in [1.165, 1.54) is 0 Å². The lowest BCUT2D eigenvalue weighted by atomic mass is 10.2. The van der Waals surface area contributed by atoms with Crippen LogP contribution in [0.1, 0.15) is 5.56 Å². The third kappa shape index (κ3) is 6.39. The molecule has 0 fully saturated rings. The summed E-state index contributed by atoms with van der Waals surface area (Å²) in [4.78, 5) is 4.94. The number of hydrogen-bond acceptors (Lipinski definition) is 3. The van der Waals surface area contributed by atoms with Crippen LogP contribution in [-0.2, 0) is 16.2 Å². The van der Waals surface area contributed by atoms with E-state index in [2.05, 4.69) is 10.2 Å². The molecule has 0 bridgehead atoms. The minimum atomic E-state index is -4.58. The molecule has 0 saturated carbocycles. The van der Waals surface area contributed by atoms with Crippen molar-refractivity contribution < 1.29 is 22.7 Å². The lowest BCUT2D eigenvalue weighted by Gasteiger charge is -2.08. The van der Waals surface area contributed by atoms with E-state index in [1.54, 1.807) is 0 Å². The topological polar surface area (TPSA) is 30.5 Å². The van der Waals surface area contributed by atoms with Gasteiger partial charge >= 0.3 is 6.36 Å². The van der Waals surface area contributed by atoms with E-state index in [9.17, 15) is 13.2 Å². The fourth-order valence-electron chi connectivity index (χ4n) is 0.989. The van der Waals surface area contributed by atoms with E-state index in [-0.39, 0.29) is 6.54 Å². The van der Waals surface area contributed by atoms with Crippen LogP contribution in [0.5, 0.6) is 0 Å². The Morgan fingerprint density at radius 1 is 1.12 bits per heavy atom. The molecule has 0 aliphatic heterocycles. The first-order chi connectivity index (χ1) is 7.58. The Hall–Kier alpha value is -1.11. The molecule has 0 amide bonds. The summed E-state index contributed by atoms with van der Waals surface area (Å²) in [5.74, 6) is 0. The summed E-state index contributed by atoms with van der Waals surface area (Å²) in [6, 6.07) is 9.28. The summed E-state index contributed by atoms with van der Waals surface area (Å²) in [5.41, 5.74) is 3.32. The average Bonchev–Trinajstić information content (AvgIpc) is 2.23. The molecule has 0 aliphatic carbocycles. The fourth-order valence-corrected chi connectivity index (χ4v) is 0.989. The predicted molar refractivity (Wildman–Crippen MR) is 51.2 cm³/mol. The monoisotopic (exact) mass is 235 g/mol. The predicted octanol–water partition coefficient (Wildman–Crippen LogP) is 2.24. The second kappa shape index (κ2) is 6.47. The first-order valence-corrected chi connectivity index (χ1v) is 4.67. The van der Waals surface area contributed by atoms with E-state index in [0.717, 1.165) is 5.56 Å².